The summed E-state index contributed by atoms with van der Waals surface area (Å²) in [6, 6.07) is 4.84. The van der Waals surface area contributed by atoms with E-state index < -0.39 is 0 Å². The largest absolute Gasteiger partial charge is 0.508 e. The highest BCUT2D eigenvalue weighted by atomic mass is 32.2. The number of ketones is 1. The molecule has 1 aliphatic carbocycles. The summed E-state index contributed by atoms with van der Waals surface area (Å²) in [5, 5.41) is 9.09. The molecule has 0 aromatic heterocycles. The van der Waals surface area contributed by atoms with E-state index in [1.807, 2.05) is 39.3 Å². The maximum Gasteiger partial charge on any atom is 0.159 e. The molecule has 1 aromatic carbocycles. The summed E-state index contributed by atoms with van der Waals surface area (Å²) in [6.45, 7) is 8.37. The molecule has 0 saturated heterocycles. The smallest absolute Gasteiger partial charge is 0.159 e. The minimum atomic E-state index is -0.0241. The second kappa shape index (κ2) is 17.0. The van der Waals surface area contributed by atoms with E-state index in [-0.39, 0.29) is 11.5 Å². The minimum absolute atomic E-state index is 0.0241. The van der Waals surface area contributed by atoms with Crippen LogP contribution in [0.5, 0.6) is 5.75 Å². The number of carbonyl (C=O) groups excluding carboxylic acids is 1. The number of hydrogen-bond donors (Lipinski definition) is 2. The van der Waals surface area contributed by atoms with Crippen LogP contribution in [-0.4, -0.2) is 30.7 Å². The van der Waals surface area contributed by atoms with Gasteiger partial charge >= 0.3 is 0 Å². The molecule has 0 unspecified atom stereocenters. The van der Waals surface area contributed by atoms with Crippen LogP contribution in [0.4, 0.5) is 0 Å². The number of nitrogens with one attached hydrogen (secondary N) is 1. The molecule has 0 saturated carbocycles. The quantitative estimate of drug-likeness (QED) is 0.346. The van der Waals surface area contributed by atoms with E-state index in [0.717, 1.165) is 18.5 Å². The molecular formula is C23H34N2O2S. The predicted molar refractivity (Wildman–Crippen MR) is 124 cm³/mol. The van der Waals surface area contributed by atoms with Gasteiger partial charge in [-0.3, -0.25) is 14.5 Å². The summed E-state index contributed by atoms with van der Waals surface area (Å²) in [4.78, 5) is 16.2. The fraction of sp³-hybridized carbons (Fsp3) is 0.391. The summed E-state index contributed by atoms with van der Waals surface area (Å²) in [5.41, 5.74) is 1.46. The molecule has 0 fully saturated rings. The Bertz CT molecular complexity index is 672. The van der Waals surface area contributed by atoms with Crippen molar-refractivity contribution in [3.63, 3.8) is 0 Å². The van der Waals surface area contributed by atoms with Crippen molar-refractivity contribution in [2.45, 2.75) is 47.0 Å². The van der Waals surface area contributed by atoms with Gasteiger partial charge in [0.05, 0.1) is 0 Å². The summed E-state index contributed by atoms with van der Waals surface area (Å²) < 4.78 is 3.03. The van der Waals surface area contributed by atoms with Crippen molar-refractivity contribution in [3.05, 3.63) is 64.6 Å². The first-order valence-electron chi connectivity index (χ1n) is 9.57. The van der Waals surface area contributed by atoms with E-state index in [0.29, 0.717) is 5.56 Å². The van der Waals surface area contributed by atoms with E-state index in [2.05, 4.69) is 34.9 Å². The van der Waals surface area contributed by atoms with Crippen LogP contribution in [0.25, 0.3) is 0 Å². The van der Waals surface area contributed by atoms with E-state index in [1.165, 1.54) is 30.7 Å². The second-order valence-corrected chi connectivity index (χ2v) is 7.17. The third-order valence-corrected chi connectivity index (χ3v) is 4.13. The van der Waals surface area contributed by atoms with Gasteiger partial charge in [0.15, 0.2) is 5.78 Å². The first-order chi connectivity index (χ1) is 13.4. The monoisotopic (exact) mass is 402 g/mol. The van der Waals surface area contributed by atoms with Crippen LogP contribution in [0.2, 0.25) is 0 Å². The van der Waals surface area contributed by atoms with Crippen LogP contribution in [0.1, 0.15) is 56.0 Å². The molecule has 0 bridgehead atoms. The highest BCUT2D eigenvalue weighted by molar-refractivity contribution is 8.01. The van der Waals surface area contributed by atoms with E-state index in [4.69, 9.17) is 5.11 Å². The molecule has 0 heterocycles. The molecule has 0 spiro atoms. The number of phenols is 1. The Morgan fingerprint density at radius 2 is 2.07 bits per heavy atom. The lowest BCUT2D eigenvalue weighted by Crippen LogP contribution is -1.92. The molecule has 4 nitrogen and oxygen atoms in total. The molecule has 0 radical (unpaired) electrons. The zero-order valence-electron chi connectivity index (χ0n) is 17.7. The molecule has 5 heteroatoms. The Kier molecular flexibility index (Phi) is 15.7. The highest BCUT2D eigenvalue weighted by Crippen LogP contribution is 2.18. The van der Waals surface area contributed by atoms with Crippen LogP contribution in [-0.2, 0) is 0 Å². The van der Waals surface area contributed by atoms with Crippen LogP contribution < -0.4 is 4.72 Å². The number of allylic oxidation sites excluding steroid dienone is 5. The van der Waals surface area contributed by atoms with Crippen molar-refractivity contribution in [3.8, 4) is 5.75 Å². The van der Waals surface area contributed by atoms with Crippen molar-refractivity contribution < 1.29 is 9.90 Å². The minimum Gasteiger partial charge on any atom is -0.508 e. The molecule has 0 amide bonds. The Hall–Kier alpha value is -2.11. The van der Waals surface area contributed by atoms with Gasteiger partial charge in [0.1, 0.15) is 5.75 Å². The van der Waals surface area contributed by atoms with Crippen LogP contribution in [0.3, 0.4) is 0 Å². The average molecular weight is 403 g/mol. The fourth-order valence-electron chi connectivity index (χ4n) is 2.10. The Balaban J connectivity index is 0.000000397. The number of aliphatic imine (C=N–C) groups is 1. The summed E-state index contributed by atoms with van der Waals surface area (Å²) in [6.07, 6.45) is 15.9. The maximum atomic E-state index is 10.8. The Morgan fingerprint density at radius 3 is 2.57 bits per heavy atom. The van der Waals surface area contributed by atoms with Crippen molar-refractivity contribution in [2.24, 2.45) is 4.99 Å². The molecule has 2 N–H and O–H groups in total. The summed E-state index contributed by atoms with van der Waals surface area (Å²) in [5.74, 6) is 0.124. The number of aromatic hydroxyl groups is 1. The Labute approximate surface area is 174 Å². The molecular weight excluding hydrogens is 368 g/mol. The van der Waals surface area contributed by atoms with Gasteiger partial charge in [-0.25, -0.2) is 0 Å². The summed E-state index contributed by atoms with van der Waals surface area (Å²) in [7, 11) is 1.94. The highest BCUT2D eigenvalue weighted by Gasteiger charge is 2.00. The van der Waals surface area contributed by atoms with Crippen molar-refractivity contribution >= 4 is 23.9 Å². The molecule has 1 aliphatic rings. The van der Waals surface area contributed by atoms with Crippen molar-refractivity contribution in [1.29, 1.82) is 0 Å². The van der Waals surface area contributed by atoms with Gasteiger partial charge < -0.3 is 5.11 Å². The van der Waals surface area contributed by atoms with Gasteiger partial charge in [-0.2, -0.15) is 0 Å². The number of hydrogen-bond acceptors (Lipinski definition) is 5. The summed E-state index contributed by atoms with van der Waals surface area (Å²) >= 11 is 1.68. The fourth-order valence-corrected chi connectivity index (χ4v) is 2.70. The molecule has 28 heavy (non-hydrogen) atoms. The van der Waals surface area contributed by atoms with Gasteiger partial charge in [0.2, 0.25) is 0 Å². The third-order valence-electron chi connectivity index (χ3n) is 3.39. The topological polar surface area (TPSA) is 61.7 Å². The zero-order chi connectivity index (χ0) is 21.2. The van der Waals surface area contributed by atoms with Crippen molar-refractivity contribution in [1.82, 2.24) is 4.72 Å². The number of nitrogens with zero attached hydrogens (tertiary/aromatic N) is 1. The lowest BCUT2D eigenvalue weighted by atomic mass is 10.1. The normalized spacial score (nSPS) is 12.8. The molecule has 0 atom stereocenters. The van der Waals surface area contributed by atoms with Crippen LogP contribution >= 0.6 is 11.9 Å². The predicted octanol–water partition coefficient (Wildman–Crippen LogP) is 6.03. The molecule has 2 rings (SSSR count). The van der Waals surface area contributed by atoms with Crippen LogP contribution in [0, 0.1) is 6.92 Å². The Morgan fingerprint density at radius 1 is 1.32 bits per heavy atom. The number of aryl methyl sites for hydroxylation is 1. The van der Waals surface area contributed by atoms with Crippen LogP contribution in [0.15, 0.2) is 58.5 Å². The van der Waals surface area contributed by atoms with Gasteiger partial charge in [-0.05, 0) is 88.9 Å². The van der Waals surface area contributed by atoms with E-state index >= 15 is 0 Å². The molecule has 0 aliphatic heterocycles. The number of phenolic OH excluding ortho intramolecular Hbond substituents is 1. The third kappa shape index (κ3) is 14.0. The lowest BCUT2D eigenvalue weighted by Gasteiger charge is -2.03. The number of carbonyl (C=O) groups is 1. The average Bonchev–Trinajstić information content (AvgIpc) is 2.67. The SMILES string of the molecule is C/C=C\C=NCCC.CC(=O)c1cc(C)cc(O)c1.CNSC1=CCCC=C1. The van der Waals surface area contributed by atoms with E-state index in [1.54, 1.807) is 24.1 Å². The number of Topliss-reactive ketones (excluding diaryl/α,β-unsaturated/α-hetero) is 1. The standard InChI is InChI=1S/C9H10O2.C7H11NS.C7H13N/c1-6-3-8(7(2)10)5-9(11)4-6;1-8-9-7-5-3-2-4-6-7;1-3-5-7-8-6-4-2/h3-5,11H,1-2H3;3,5-6,8H,2,4H2,1H3;3,5,7H,4,6H2,1-2H3/b;;5-3-,8-7?. The first kappa shape index (κ1) is 25.9. The van der Waals surface area contributed by atoms with E-state index in [9.17, 15) is 4.79 Å². The number of rotatable bonds is 6. The number of benzene rings is 1. The second-order valence-electron chi connectivity index (χ2n) is 6.09. The van der Waals surface area contributed by atoms with Gasteiger partial charge in [0.25, 0.3) is 0 Å². The van der Waals surface area contributed by atoms with Gasteiger partial charge in [0, 0.05) is 23.2 Å². The lowest BCUT2D eigenvalue weighted by molar-refractivity contribution is 0.101. The van der Waals surface area contributed by atoms with Gasteiger partial charge in [-0.1, -0.05) is 31.2 Å². The van der Waals surface area contributed by atoms with Crippen molar-refractivity contribution in [2.75, 3.05) is 13.6 Å². The molecule has 154 valence electrons. The zero-order valence-corrected chi connectivity index (χ0v) is 18.6. The van der Waals surface area contributed by atoms with Gasteiger partial charge in [-0.15, -0.1) is 0 Å². The first-order valence-corrected chi connectivity index (χ1v) is 10.4. The molecule has 1 aromatic rings. The maximum absolute atomic E-state index is 10.8.